The van der Waals surface area contributed by atoms with Crippen LogP contribution in [0.25, 0.3) is 0 Å². The van der Waals surface area contributed by atoms with Gasteiger partial charge >= 0.3 is 5.97 Å². The van der Waals surface area contributed by atoms with Crippen LogP contribution in [-0.4, -0.2) is 40.3 Å². The maximum atomic E-state index is 11.8. The standard InChI is InChI=1S/C14H19NO3S/c16-8-9-19-10-14(13(17)18,15-12-6-7-12)11-4-2-1-3-5-11/h1-5,12,15-16H,6-10H2,(H,17,18). The molecule has 0 amide bonds. The molecule has 0 radical (unpaired) electrons. The quantitative estimate of drug-likeness (QED) is 0.629. The van der Waals surface area contributed by atoms with Gasteiger partial charge in [-0.3, -0.25) is 5.32 Å². The SMILES string of the molecule is O=C(O)C(CSCCO)(NC1CC1)c1ccccc1. The number of aliphatic hydroxyl groups is 1. The Kier molecular flexibility index (Phi) is 4.85. The highest BCUT2D eigenvalue weighted by Crippen LogP contribution is 2.32. The fourth-order valence-corrected chi connectivity index (χ4v) is 3.00. The van der Waals surface area contributed by atoms with E-state index >= 15 is 0 Å². The predicted octanol–water partition coefficient (Wildman–Crippen LogP) is 1.44. The summed E-state index contributed by atoms with van der Waals surface area (Å²) < 4.78 is 0. The molecule has 1 aromatic carbocycles. The molecule has 1 saturated carbocycles. The van der Waals surface area contributed by atoms with E-state index in [0.717, 1.165) is 18.4 Å². The Hall–Kier alpha value is -1.04. The summed E-state index contributed by atoms with van der Waals surface area (Å²) in [5.74, 6) is 0.119. The molecule has 4 nitrogen and oxygen atoms in total. The Bertz CT molecular complexity index is 422. The summed E-state index contributed by atoms with van der Waals surface area (Å²) >= 11 is 1.46. The number of nitrogens with one attached hydrogen (secondary N) is 1. The fourth-order valence-electron chi connectivity index (χ4n) is 2.04. The second-order valence-electron chi connectivity index (χ2n) is 4.77. The van der Waals surface area contributed by atoms with Gasteiger partial charge in [0.15, 0.2) is 5.54 Å². The number of carbonyl (C=O) groups is 1. The first-order valence-electron chi connectivity index (χ1n) is 6.44. The molecule has 0 saturated heterocycles. The maximum absolute atomic E-state index is 11.8. The van der Waals surface area contributed by atoms with Crippen molar-refractivity contribution in [1.29, 1.82) is 0 Å². The second-order valence-corrected chi connectivity index (χ2v) is 5.88. The number of hydrogen-bond acceptors (Lipinski definition) is 4. The maximum Gasteiger partial charge on any atom is 0.329 e. The minimum Gasteiger partial charge on any atom is -0.480 e. The number of hydrogen-bond donors (Lipinski definition) is 3. The summed E-state index contributed by atoms with van der Waals surface area (Å²) in [7, 11) is 0. The first-order chi connectivity index (χ1) is 9.19. The van der Waals surface area contributed by atoms with Gasteiger partial charge in [-0.05, 0) is 18.4 Å². The van der Waals surface area contributed by atoms with Crippen LogP contribution in [0.2, 0.25) is 0 Å². The van der Waals surface area contributed by atoms with Gasteiger partial charge in [0.05, 0.1) is 6.61 Å². The molecule has 1 fully saturated rings. The van der Waals surface area contributed by atoms with Crippen LogP contribution in [0.5, 0.6) is 0 Å². The highest BCUT2D eigenvalue weighted by atomic mass is 32.2. The molecular formula is C14H19NO3S. The monoisotopic (exact) mass is 281 g/mol. The molecule has 1 aliphatic rings. The van der Waals surface area contributed by atoms with Crippen molar-refractivity contribution < 1.29 is 15.0 Å². The topological polar surface area (TPSA) is 69.6 Å². The zero-order chi connectivity index (χ0) is 13.7. The zero-order valence-corrected chi connectivity index (χ0v) is 11.5. The molecule has 1 atom stereocenters. The smallest absolute Gasteiger partial charge is 0.329 e. The summed E-state index contributed by atoms with van der Waals surface area (Å²) in [5, 5.41) is 21.9. The molecule has 0 heterocycles. The number of carboxylic acid groups (broad SMARTS) is 1. The molecule has 5 heteroatoms. The Morgan fingerprint density at radius 3 is 2.58 bits per heavy atom. The van der Waals surface area contributed by atoms with Gasteiger partial charge in [-0.15, -0.1) is 0 Å². The minimum absolute atomic E-state index is 0.0680. The van der Waals surface area contributed by atoms with E-state index in [4.69, 9.17) is 5.11 Å². The number of carboxylic acids is 1. The van der Waals surface area contributed by atoms with Crippen molar-refractivity contribution in [3.05, 3.63) is 35.9 Å². The first-order valence-corrected chi connectivity index (χ1v) is 7.60. The van der Waals surface area contributed by atoms with Gasteiger partial charge in [0.25, 0.3) is 0 Å². The third kappa shape index (κ3) is 3.49. The lowest BCUT2D eigenvalue weighted by Crippen LogP contribution is -2.52. The first kappa shape index (κ1) is 14.4. The van der Waals surface area contributed by atoms with Crippen molar-refractivity contribution in [3.8, 4) is 0 Å². The third-order valence-corrected chi connectivity index (χ3v) is 4.32. The lowest BCUT2D eigenvalue weighted by Gasteiger charge is -2.31. The molecular weight excluding hydrogens is 262 g/mol. The van der Waals surface area contributed by atoms with Crippen LogP contribution in [0.3, 0.4) is 0 Å². The van der Waals surface area contributed by atoms with E-state index in [1.807, 2.05) is 30.3 Å². The molecule has 19 heavy (non-hydrogen) atoms. The Labute approximate surface area is 117 Å². The molecule has 1 aliphatic carbocycles. The van der Waals surface area contributed by atoms with Crippen molar-refractivity contribution in [2.75, 3.05) is 18.1 Å². The Morgan fingerprint density at radius 1 is 1.37 bits per heavy atom. The van der Waals surface area contributed by atoms with Gasteiger partial charge in [0.2, 0.25) is 0 Å². The molecule has 3 N–H and O–H groups in total. The number of rotatable bonds is 8. The molecule has 0 spiro atoms. The van der Waals surface area contributed by atoms with Crippen molar-refractivity contribution in [3.63, 3.8) is 0 Å². The van der Waals surface area contributed by atoms with Crippen LogP contribution in [0.15, 0.2) is 30.3 Å². The fraction of sp³-hybridized carbons (Fsp3) is 0.500. The van der Waals surface area contributed by atoms with Crippen molar-refractivity contribution in [2.45, 2.75) is 24.4 Å². The van der Waals surface area contributed by atoms with Crippen LogP contribution in [0.4, 0.5) is 0 Å². The number of aliphatic hydroxyl groups excluding tert-OH is 1. The molecule has 104 valence electrons. The molecule has 0 aliphatic heterocycles. The lowest BCUT2D eigenvalue weighted by atomic mass is 9.91. The van der Waals surface area contributed by atoms with Gasteiger partial charge in [0, 0.05) is 17.5 Å². The number of benzene rings is 1. The molecule has 1 unspecified atom stereocenters. The number of aliphatic carboxylic acids is 1. The molecule has 0 bridgehead atoms. The lowest BCUT2D eigenvalue weighted by molar-refractivity contribution is -0.144. The average molecular weight is 281 g/mol. The summed E-state index contributed by atoms with van der Waals surface area (Å²) in [6, 6.07) is 9.60. The average Bonchev–Trinajstić information content (AvgIpc) is 3.22. The highest BCUT2D eigenvalue weighted by Gasteiger charge is 2.43. The van der Waals surface area contributed by atoms with Crippen LogP contribution in [0, 0.1) is 0 Å². The molecule has 0 aromatic heterocycles. The number of thioether (sulfide) groups is 1. The van der Waals surface area contributed by atoms with Crippen LogP contribution >= 0.6 is 11.8 Å². The largest absolute Gasteiger partial charge is 0.480 e. The summed E-state index contributed by atoms with van der Waals surface area (Å²) in [6.07, 6.45) is 2.07. The van der Waals surface area contributed by atoms with Gasteiger partial charge in [0.1, 0.15) is 0 Å². The van der Waals surface area contributed by atoms with E-state index in [1.54, 1.807) is 0 Å². The van der Waals surface area contributed by atoms with E-state index in [9.17, 15) is 9.90 Å². The molecule has 2 rings (SSSR count). The predicted molar refractivity (Wildman–Crippen MR) is 76.3 cm³/mol. The van der Waals surface area contributed by atoms with Crippen molar-refractivity contribution in [2.24, 2.45) is 0 Å². The van der Waals surface area contributed by atoms with Gasteiger partial charge in [-0.25, -0.2) is 4.79 Å². The summed E-state index contributed by atoms with van der Waals surface area (Å²) in [4.78, 5) is 11.8. The van der Waals surface area contributed by atoms with Gasteiger partial charge in [-0.1, -0.05) is 30.3 Å². The van der Waals surface area contributed by atoms with Crippen LogP contribution in [-0.2, 0) is 10.3 Å². The van der Waals surface area contributed by atoms with Crippen LogP contribution < -0.4 is 5.32 Å². The zero-order valence-electron chi connectivity index (χ0n) is 10.7. The minimum atomic E-state index is -1.05. The third-order valence-electron chi connectivity index (χ3n) is 3.21. The van der Waals surface area contributed by atoms with E-state index in [0.29, 0.717) is 17.5 Å². The van der Waals surface area contributed by atoms with E-state index in [1.165, 1.54) is 11.8 Å². The van der Waals surface area contributed by atoms with E-state index in [2.05, 4.69) is 5.32 Å². The summed E-state index contributed by atoms with van der Waals surface area (Å²) in [5.41, 5.74) is -0.276. The van der Waals surface area contributed by atoms with Crippen LogP contribution in [0.1, 0.15) is 18.4 Å². The molecule has 1 aromatic rings. The van der Waals surface area contributed by atoms with Crippen molar-refractivity contribution >= 4 is 17.7 Å². The normalized spacial score (nSPS) is 17.9. The highest BCUT2D eigenvalue weighted by molar-refractivity contribution is 7.99. The van der Waals surface area contributed by atoms with E-state index in [-0.39, 0.29) is 6.61 Å². The Morgan fingerprint density at radius 2 is 2.05 bits per heavy atom. The summed E-state index contributed by atoms with van der Waals surface area (Å²) in [6.45, 7) is 0.0680. The van der Waals surface area contributed by atoms with E-state index < -0.39 is 11.5 Å². The van der Waals surface area contributed by atoms with Gasteiger partial charge in [-0.2, -0.15) is 11.8 Å². The Balaban J connectivity index is 2.24. The second kappa shape index (κ2) is 6.41. The van der Waals surface area contributed by atoms with Gasteiger partial charge < -0.3 is 10.2 Å². The van der Waals surface area contributed by atoms with Crippen molar-refractivity contribution in [1.82, 2.24) is 5.32 Å².